The van der Waals surface area contributed by atoms with Gasteiger partial charge in [0.2, 0.25) is 5.91 Å². The molecule has 1 aliphatic rings. The van der Waals surface area contributed by atoms with Crippen LogP contribution in [0.3, 0.4) is 0 Å². The molecule has 1 aromatic rings. The molecule has 1 aliphatic heterocycles. The van der Waals surface area contributed by atoms with Gasteiger partial charge in [0.15, 0.2) is 0 Å². The molecule has 1 atom stereocenters. The van der Waals surface area contributed by atoms with E-state index in [1.807, 2.05) is 0 Å². The molecule has 0 aromatic heterocycles. The van der Waals surface area contributed by atoms with E-state index < -0.39 is 18.1 Å². The Morgan fingerprint density at radius 1 is 1.47 bits per heavy atom. The van der Waals surface area contributed by atoms with Crippen molar-refractivity contribution in [3.63, 3.8) is 0 Å². The van der Waals surface area contributed by atoms with Crippen LogP contribution in [0.25, 0.3) is 0 Å². The molecule has 1 heterocycles. The summed E-state index contributed by atoms with van der Waals surface area (Å²) in [4.78, 5) is 23.9. The van der Waals surface area contributed by atoms with Crippen molar-refractivity contribution in [1.29, 1.82) is 0 Å². The number of nitrogens with zero attached hydrogens (tertiary/aromatic N) is 1. The normalized spacial score (nSPS) is 20.4. The molecule has 0 spiro atoms. The van der Waals surface area contributed by atoms with Crippen LogP contribution in [0, 0.1) is 5.82 Å². The molecule has 0 saturated carbocycles. The summed E-state index contributed by atoms with van der Waals surface area (Å²) in [6.07, 6.45) is -0.611. The Labute approximate surface area is 97.4 Å². The van der Waals surface area contributed by atoms with E-state index in [9.17, 15) is 14.0 Å². The zero-order valence-corrected chi connectivity index (χ0v) is 9.02. The third-order valence-electron chi connectivity index (χ3n) is 2.54. The number of nitrogens with two attached hydrogens (primary N) is 1. The number of rotatable bonds is 2. The fourth-order valence-electron chi connectivity index (χ4n) is 1.71. The number of hydrogen-bond donors (Lipinski definition) is 2. The van der Waals surface area contributed by atoms with Gasteiger partial charge in [0.1, 0.15) is 5.82 Å². The predicted octanol–water partition coefficient (Wildman–Crippen LogP) is 0.552. The van der Waals surface area contributed by atoms with Gasteiger partial charge < -0.3 is 10.6 Å². The fraction of sp³-hybridized carbons (Fsp3) is 0.273. The molecule has 3 N–H and O–H groups in total. The van der Waals surface area contributed by atoms with Gasteiger partial charge >= 0.3 is 6.03 Å². The van der Waals surface area contributed by atoms with Crippen LogP contribution in [0.4, 0.5) is 9.18 Å². The van der Waals surface area contributed by atoms with Crippen molar-refractivity contribution in [2.45, 2.75) is 19.1 Å². The Morgan fingerprint density at radius 3 is 2.88 bits per heavy atom. The van der Waals surface area contributed by atoms with Crippen molar-refractivity contribution in [3.05, 3.63) is 35.6 Å². The number of urea groups is 1. The van der Waals surface area contributed by atoms with Gasteiger partial charge in [0.25, 0.3) is 0 Å². The van der Waals surface area contributed by atoms with Crippen molar-refractivity contribution in [2.24, 2.45) is 5.73 Å². The number of carbonyl (C=O) groups is 2. The van der Waals surface area contributed by atoms with E-state index in [1.54, 1.807) is 12.1 Å². The summed E-state index contributed by atoms with van der Waals surface area (Å²) >= 11 is 0. The second-order valence-electron chi connectivity index (χ2n) is 3.88. The number of hydrogen-bond acceptors (Lipinski definition) is 3. The van der Waals surface area contributed by atoms with E-state index in [0.29, 0.717) is 5.56 Å². The molecule has 3 amide bonds. The fourth-order valence-corrected chi connectivity index (χ4v) is 1.71. The van der Waals surface area contributed by atoms with Crippen molar-refractivity contribution in [2.75, 3.05) is 0 Å². The van der Waals surface area contributed by atoms with Crippen LogP contribution in [-0.2, 0) is 11.3 Å². The second kappa shape index (κ2) is 4.50. The molecule has 1 unspecified atom stereocenters. The summed E-state index contributed by atoms with van der Waals surface area (Å²) in [7, 11) is 0. The lowest BCUT2D eigenvalue weighted by molar-refractivity contribution is -0.122. The molecule has 6 heteroatoms. The number of halogens is 1. The first-order valence-corrected chi connectivity index (χ1v) is 5.17. The number of benzene rings is 1. The minimum Gasteiger partial charge on any atom is -0.311 e. The minimum absolute atomic E-state index is 0.0566. The second-order valence-corrected chi connectivity index (χ2v) is 3.88. The van der Waals surface area contributed by atoms with E-state index in [2.05, 4.69) is 5.32 Å². The van der Waals surface area contributed by atoms with E-state index in [0.717, 1.165) is 0 Å². The largest absolute Gasteiger partial charge is 0.325 e. The number of nitrogens with one attached hydrogen (secondary N) is 1. The van der Waals surface area contributed by atoms with Crippen LogP contribution >= 0.6 is 0 Å². The highest BCUT2D eigenvalue weighted by Crippen LogP contribution is 2.12. The first-order valence-electron chi connectivity index (χ1n) is 5.17. The van der Waals surface area contributed by atoms with Crippen LogP contribution < -0.4 is 11.1 Å². The predicted molar refractivity (Wildman–Crippen MR) is 58.1 cm³/mol. The first kappa shape index (κ1) is 11.5. The lowest BCUT2D eigenvalue weighted by Crippen LogP contribution is -2.57. The van der Waals surface area contributed by atoms with Crippen molar-refractivity contribution < 1.29 is 14.0 Å². The summed E-state index contributed by atoms with van der Waals surface area (Å²) < 4.78 is 13.0. The maximum absolute atomic E-state index is 13.0. The Hall–Kier alpha value is -1.95. The molecule has 0 bridgehead atoms. The maximum atomic E-state index is 13.0. The molecule has 90 valence electrons. The standard InChI is InChI=1S/C11H12FN3O2/c12-8-3-1-2-7(4-8)6-15-9(13)5-10(16)14-11(15)17/h1-4,9H,5-6,13H2,(H,14,16,17). The van der Waals surface area contributed by atoms with E-state index >= 15 is 0 Å². The molecule has 0 aliphatic carbocycles. The van der Waals surface area contributed by atoms with Gasteiger partial charge in [-0.25, -0.2) is 9.18 Å². The highest BCUT2D eigenvalue weighted by molar-refractivity contribution is 5.97. The third kappa shape index (κ3) is 2.59. The molecule has 2 rings (SSSR count). The summed E-state index contributed by atoms with van der Waals surface area (Å²) in [5.74, 6) is -0.762. The quantitative estimate of drug-likeness (QED) is 0.788. The number of imide groups is 1. The molecule has 5 nitrogen and oxygen atoms in total. The summed E-state index contributed by atoms with van der Waals surface area (Å²) in [6.45, 7) is 0.179. The zero-order chi connectivity index (χ0) is 12.4. The summed E-state index contributed by atoms with van der Waals surface area (Å²) in [5.41, 5.74) is 6.33. The smallest absolute Gasteiger partial charge is 0.311 e. The Balaban J connectivity index is 2.12. The van der Waals surface area contributed by atoms with E-state index in [-0.39, 0.29) is 18.8 Å². The van der Waals surface area contributed by atoms with Gasteiger partial charge in [-0.05, 0) is 17.7 Å². The first-order chi connectivity index (χ1) is 8.06. The Kier molecular flexibility index (Phi) is 3.06. The number of carbonyl (C=O) groups excluding carboxylic acids is 2. The molecule has 17 heavy (non-hydrogen) atoms. The average molecular weight is 237 g/mol. The molecular formula is C11H12FN3O2. The third-order valence-corrected chi connectivity index (χ3v) is 2.54. The van der Waals surface area contributed by atoms with Gasteiger partial charge in [-0.15, -0.1) is 0 Å². The van der Waals surface area contributed by atoms with Gasteiger partial charge in [-0.1, -0.05) is 12.1 Å². The molecular weight excluding hydrogens is 225 g/mol. The van der Waals surface area contributed by atoms with Gasteiger partial charge in [-0.2, -0.15) is 0 Å². The Morgan fingerprint density at radius 2 is 2.24 bits per heavy atom. The van der Waals surface area contributed by atoms with Crippen molar-refractivity contribution in [3.8, 4) is 0 Å². The van der Waals surface area contributed by atoms with Gasteiger partial charge in [0.05, 0.1) is 12.6 Å². The van der Waals surface area contributed by atoms with Crippen LogP contribution in [0.1, 0.15) is 12.0 Å². The lowest BCUT2D eigenvalue weighted by Gasteiger charge is -2.32. The maximum Gasteiger partial charge on any atom is 0.325 e. The van der Waals surface area contributed by atoms with Gasteiger partial charge in [-0.3, -0.25) is 10.1 Å². The van der Waals surface area contributed by atoms with Crippen LogP contribution in [-0.4, -0.2) is 23.0 Å². The zero-order valence-electron chi connectivity index (χ0n) is 9.02. The van der Waals surface area contributed by atoms with Crippen LogP contribution in [0.2, 0.25) is 0 Å². The lowest BCUT2D eigenvalue weighted by atomic mass is 10.1. The average Bonchev–Trinajstić information content (AvgIpc) is 2.23. The molecule has 1 fully saturated rings. The highest BCUT2D eigenvalue weighted by atomic mass is 19.1. The number of amides is 3. The van der Waals surface area contributed by atoms with Crippen LogP contribution in [0.5, 0.6) is 0 Å². The van der Waals surface area contributed by atoms with Crippen molar-refractivity contribution >= 4 is 11.9 Å². The minimum atomic E-state index is -0.667. The van der Waals surface area contributed by atoms with Crippen molar-refractivity contribution in [1.82, 2.24) is 10.2 Å². The monoisotopic (exact) mass is 237 g/mol. The van der Waals surface area contributed by atoms with E-state index in [4.69, 9.17) is 5.73 Å². The Bertz CT molecular complexity index is 464. The summed E-state index contributed by atoms with van der Waals surface area (Å²) in [6, 6.07) is 5.36. The van der Waals surface area contributed by atoms with Crippen LogP contribution in [0.15, 0.2) is 24.3 Å². The molecule has 1 saturated heterocycles. The van der Waals surface area contributed by atoms with Gasteiger partial charge in [0, 0.05) is 6.54 Å². The SMILES string of the molecule is NC1CC(=O)NC(=O)N1Cc1cccc(F)c1. The highest BCUT2D eigenvalue weighted by Gasteiger charge is 2.29. The van der Waals surface area contributed by atoms with E-state index in [1.165, 1.54) is 17.0 Å². The topological polar surface area (TPSA) is 75.4 Å². The molecule has 1 aromatic carbocycles. The molecule has 0 radical (unpaired) electrons. The summed E-state index contributed by atoms with van der Waals surface area (Å²) in [5, 5.41) is 2.17.